The molecule has 17 heavy (non-hydrogen) atoms. The Bertz CT molecular complexity index is 386. The van der Waals surface area contributed by atoms with Gasteiger partial charge in [-0.15, -0.1) is 0 Å². The number of alkyl halides is 3. The van der Waals surface area contributed by atoms with Crippen molar-refractivity contribution in [3.8, 4) is 0 Å². The monoisotopic (exact) mass is 243 g/mol. The molecule has 1 nitrogen and oxygen atoms in total. The van der Waals surface area contributed by atoms with Crippen molar-refractivity contribution in [3.05, 3.63) is 35.4 Å². The Morgan fingerprint density at radius 3 is 2.47 bits per heavy atom. The number of rotatable bonds is 1. The van der Waals surface area contributed by atoms with Crippen LogP contribution in [0.25, 0.3) is 0 Å². The molecule has 0 saturated heterocycles. The molecule has 0 bridgehead atoms. The van der Waals surface area contributed by atoms with E-state index >= 15 is 0 Å². The zero-order valence-electron chi connectivity index (χ0n) is 9.50. The number of halogens is 3. The topological polar surface area (TPSA) is 26.0 Å². The van der Waals surface area contributed by atoms with Crippen LogP contribution in [0.15, 0.2) is 24.3 Å². The Kier molecular flexibility index (Phi) is 3.43. The Balaban J connectivity index is 2.26. The molecule has 2 atom stereocenters. The molecule has 0 radical (unpaired) electrons. The molecule has 0 spiro atoms. The van der Waals surface area contributed by atoms with Crippen molar-refractivity contribution < 1.29 is 13.2 Å². The Morgan fingerprint density at radius 2 is 1.82 bits per heavy atom. The molecule has 1 aliphatic rings. The van der Waals surface area contributed by atoms with E-state index in [0.29, 0.717) is 0 Å². The van der Waals surface area contributed by atoms with Crippen molar-refractivity contribution in [2.24, 2.45) is 5.73 Å². The first-order valence-corrected chi connectivity index (χ1v) is 5.91. The van der Waals surface area contributed by atoms with E-state index in [1.54, 1.807) is 6.07 Å². The maximum atomic E-state index is 12.6. The van der Waals surface area contributed by atoms with Gasteiger partial charge in [0.25, 0.3) is 0 Å². The largest absolute Gasteiger partial charge is 0.416 e. The van der Waals surface area contributed by atoms with E-state index in [4.69, 9.17) is 5.73 Å². The molecule has 0 amide bonds. The van der Waals surface area contributed by atoms with Gasteiger partial charge in [0.05, 0.1) is 5.56 Å². The smallest absolute Gasteiger partial charge is 0.327 e. The van der Waals surface area contributed by atoms with Gasteiger partial charge < -0.3 is 5.73 Å². The molecular weight excluding hydrogens is 227 g/mol. The minimum atomic E-state index is -4.27. The van der Waals surface area contributed by atoms with E-state index in [1.165, 1.54) is 12.1 Å². The van der Waals surface area contributed by atoms with Crippen molar-refractivity contribution in [2.45, 2.75) is 43.8 Å². The zero-order valence-corrected chi connectivity index (χ0v) is 9.50. The predicted octanol–water partition coefficient (Wildman–Crippen LogP) is 3.69. The van der Waals surface area contributed by atoms with Gasteiger partial charge in [0.1, 0.15) is 0 Å². The van der Waals surface area contributed by atoms with Crippen molar-refractivity contribution in [2.75, 3.05) is 0 Å². The van der Waals surface area contributed by atoms with Crippen molar-refractivity contribution in [3.63, 3.8) is 0 Å². The van der Waals surface area contributed by atoms with Gasteiger partial charge in [-0.1, -0.05) is 31.0 Å². The standard InChI is InChI=1S/C13H16F3N/c14-13(15,16)10-5-3-4-9(8-10)11-6-1-2-7-12(11)17/h3-5,8,11-12H,1-2,6-7,17H2. The predicted molar refractivity (Wildman–Crippen MR) is 60.6 cm³/mol. The second-order valence-electron chi connectivity index (χ2n) is 4.68. The molecule has 1 aromatic carbocycles. The molecule has 2 rings (SSSR count). The summed E-state index contributed by atoms with van der Waals surface area (Å²) in [4.78, 5) is 0. The van der Waals surface area contributed by atoms with Crippen molar-refractivity contribution in [1.29, 1.82) is 0 Å². The third-order valence-electron chi connectivity index (χ3n) is 3.46. The highest BCUT2D eigenvalue weighted by Crippen LogP contribution is 2.35. The second kappa shape index (κ2) is 4.69. The molecule has 1 aromatic rings. The van der Waals surface area contributed by atoms with Gasteiger partial charge >= 0.3 is 6.18 Å². The Morgan fingerprint density at radius 1 is 1.12 bits per heavy atom. The summed E-state index contributed by atoms with van der Waals surface area (Å²) in [6, 6.07) is 5.57. The number of hydrogen-bond donors (Lipinski definition) is 1. The quantitative estimate of drug-likeness (QED) is 0.799. The molecule has 2 N–H and O–H groups in total. The van der Waals surface area contributed by atoms with E-state index in [9.17, 15) is 13.2 Å². The summed E-state index contributed by atoms with van der Waals surface area (Å²) in [7, 11) is 0. The number of nitrogens with two attached hydrogens (primary N) is 1. The van der Waals surface area contributed by atoms with E-state index in [2.05, 4.69) is 0 Å². The Hall–Kier alpha value is -1.03. The summed E-state index contributed by atoms with van der Waals surface area (Å²) in [5.41, 5.74) is 6.14. The molecule has 1 saturated carbocycles. The molecule has 1 fully saturated rings. The number of hydrogen-bond acceptors (Lipinski definition) is 1. The molecule has 0 aromatic heterocycles. The fourth-order valence-electron chi connectivity index (χ4n) is 2.52. The van der Waals surface area contributed by atoms with Crippen LogP contribution in [0, 0.1) is 0 Å². The lowest BCUT2D eigenvalue weighted by atomic mass is 9.80. The SMILES string of the molecule is NC1CCCCC1c1cccc(C(F)(F)F)c1. The highest BCUT2D eigenvalue weighted by Gasteiger charge is 2.32. The highest BCUT2D eigenvalue weighted by molar-refractivity contribution is 5.29. The Labute approximate surface area is 98.8 Å². The summed E-state index contributed by atoms with van der Waals surface area (Å²) < 4.78 is 37.8. The summed E-state index contributed by atoms with van der Waals surface area (Å²) >= 11 is 0. The normalized spacial score (nSPS) is 25.9. The van der Waals surface area contributed by atoms with Crippen molar-refractivity contribution >= 4 is 0 Å². The van der Waals surface area contributed by atoms with Gasteiger partial charge in [0, 0.05) is 6.04 Å². The van der Waals surface area contributed by atoms with Crippen LogP contribution < -0.4 is 5.73 Å². The summed E-state index contributed by atoms with van der Waals surface area (Å²) in [6.07, 6.45) is -0.344. The van der Waals surface area contributed by atoms with E-state index in [1.807, 2.05) is 0 Å². The van der Waals surface area contributed by atoms with Crippen LogP contribution in [0.2, 0.25) is 0 Å². The maximum absolute atomic E-state index is 12.6. The van der Waals surface area contributed by atoms with Gasteiger partial charge in [-0.25, -0.2) is 0 Å². The first-order valence-electron chi connectivity index (χ1n) is 5.91. The fourth-order valence-corrected chi connectivity index (χ4v) is 2.52. The van der Waals surface area contributed by atoms with E-state index in [0.717, 1.165) is 37.3 Å². The molecule has 0 aliphatic heterocycles. The molecule has 1 aliphatic carbocycles. The van der Waals surface area contributed by atoms with Gasteiger partial charge in [0.15, 0.2) is 0 Å². The highest BCUT2D eigenvalue weighted by atomic mass is 19.4. The number of benzene rings is 1. The molecule has 0 heterocycles. The fraction of sp³-hybridized carbons (Fsp3) is 0.538. The lowest BCUT2D eigenvalue weighted by molar-refractivity contribution is -0.137. The van der Waals surface area contributed by atoms with E-state index < -0.39 is 11.7 Å². The lowest BCUT2D eigenvalue weighted by Gasteiger charge is -2.29. The molecule has 94 valence electrons. The van der Waals surface area contributed by atoms with Crippen LogP contribution >= 0.6 is 0 Å². The molecule has 4 heteroatoms. The lowest BCUT2D eigenvalue weighted by Crippen LogP contribution is -2.31. The van der Waals surface area contributed by atoms with E-state index in [-0.39, 0.29) is 12.0 Å². The zero-order chi connectivity index (χ0) is 12.5. The maximum Gasteiger partial charge on any atom is 0.416 e. The van der Waals surface area contributed by atoms with Crippen molar-refractivity contribution in [1.82, 2.24) is 0 Å². The van der Waals surface area contributed by atoms with Crippen LogP contribution in [-0.4, -0.2) is 6.04 Å². The van der Waals surface area contributed by atoms with Crippen LogP contribution in [0.5, 0.6) is 0 Å². The van der Waals surface area contributed by atoms with Crippen LogP contribution in [0.4, 0.5) is 13.2 Å². The van der Waals surface area contributed by atoms with Gasteiger partial charge in [-0.05, 0) is 30.4 Å². The van der Waals surface area contributed by atoms with Crippen LogP contribution in [-0.2, 0) is 6.18 Å². The van der Waals surface area contributed by atoms with Gasteiger partial charge in [-0.3, -0.25) is 0 Å². The minimum Gasteiger partial charge on any atom is -0.327 e. The second-order valence-corrected chi connectivity index (χ2v) is 4.68. The first-order chi connectivity index (χ1) is 7.98. The molecule has 2 unspecified atom stereocenters. The van der Waals surface area contributed by atoms with Gasteiger partial charge in [0.2, 0.25) is 0 Å². The first kappa shape index (κ1) is 12.4. The van der Waals surface area contributed by atoms with Gasteiger partial charge in [-0.2, -0.15) is 13.2 Å². The molecular formula is C13H16F3N. The van der Waals surface area contributed by atoms with Crippen LogP contribution in [0.3, 0.4) is 0 Å². The van der Waals surface area contributed by atoms with Crippen LogP contribution in [0.1, 0.15) is 42.7 Å². The average Bonchev–Trinajstić information content (AvgIpc) is 2.29. The summed E-state index contributed by atoms with van der Waals surface area (Å²) in [5.74, 6) is 0.0750. The summed E-state index contributed by atoms with van der Waals surface area (Å²) in [5, 5.41) is 0. The third kappa shape index (κ3) is 2.80. The third-order valence-corrected chi connectivity index (χ3v) is 3.46. The summed E-state index contributed by atoms with van der Waals surface area (Å²) in [6.45, 7) is 0. The average molecular weight is 243 g/mol. The minimum absolute atomic E-state index is 0.00719.